The average Bonchev–Trinajstić information content (AvgIpc) is 3.27. The monoisotopic (exact) mass is 421 g/mol. The number of nitro groups is 1. The van der Waals surface area contributed by atoms with Crippen LogP contribution < -0.4 is 0 Å². The maximum Gasteiger partial charge on any atom is 0.270 e. The molecule has 1 aromatic heterocycles. The molecule has 0 saturated carbocycles. The predicted octanol–water partition coefficient (Wildman–Crippen LogP) is 6.21. The number of rotatable bonds is 5. The van der Waals surface area contributed by atoms with E-state index in [9.17, 15) is 19.7 Å². The minimum absolute atomic E-state index is 0.00207. The highest BCUT2D eigenvalue weighted by atomic mass is 16.6. The number of benzene rings is 4. The molecule has 0 N–H and O–H groups in total. The minimum Gasteiger partial charge on any atom is -0.459 e. The lowest BCUT2D eigenvalue weighted by molar-refractivity contribution is -0.384. The van der Waals surface area contributed by atoms with Crippen LogP contribution >= 0.6 is 0 Å². The molecule has 0 unspecified atom stereocenters. The summed E-state index contributed by atoms with van der Waals surface area (Å²) in [5.41, 5.74) is 2.71. The van der Waals surface area contributed by atoms with Crippen LogP contribution in [-0.4, -0.2) is 17.0 Å². The van der Waals surface area contributed by atoms with Crippen molar-refractivity contribution in [2.45, 2.75) is 0 Å². The summed E-state index contributed by atoms with van der Waals surface area (Å²) in [5.74, 6) is -0.791. The number of ketones is 1. The molecule has 0 aliphatic rings. The van der Waals surface area contributed by atoms with Gasteiger partial charge in [0.25, 0.3) is 11.5 Å². The van der Waals surface area contributed by atoms with Gasteiger partial charge >= 0.3 is 0 Å². The number of hydrogen-bond donors (Lipinski definition) is 0. The number of furan rings is 1. The summed E-state index contributed by atoms with van der Waals surface area (Å²) in [6, 6.07) is 23.8. The van der Waals surface area contributed by atoms with Crippen LogP contribution in [0.3, 0.4) is 0 Å². The number of fused-ring (bicyclic) bond motifs is 2. The van der Waals surface area contributed by atoms with E-state index >= 15 is 0 Å². The highest BCUT2D eigenvalue weighted by Crippen LogP contribution is 2.39. The number of hydrogen-bond acceptors (Lipinski definition) is 5. The van der Waals surface area contributed by atoms with Gasteiger partial charge in [-0.25, -0.2) is 0 Å². The molecule has 1 heterocycles. The first kappa shape index (κ1) is 19.4. The molecule has 0 fully saturated rings. The molecule has 32 heavy (non-hydrogen) atoms. The van der Waals surface area contributed by atoms with Gasteiger partial charge in [0.05, 0.1) is 11.2 Å². The molecular formula is C26H15NO5. The van der Waals surface area contributed by atoms with Gasteiger partial charge in [0.1, 0.15) is 0 Å². The normalized spacial score (nSPS) is 11.0. The Hall–Kier alpha value is -4.58. The Bertz CT molecular complexity index is 1550. The Balaban J connectivity index is 1.72. The van der Waals surface area contributed by atoms with E-state index in [1.807, 2.05) is 48.5 Å². The summed E-state index contributed by atoms with van der Waals surface area (Å²) < 4.78 is 5.56. The largest absolute Gasteiger partial charge is 0.459 e. The third-order valence-corrected chi connectivity index (χ3v) is 5.51. The average molecular weight is 421 g/mol. The van der Waals surface area contributed by atoms with Crippen LogP contribution in [-0.2, 0) is 4.79 Å². The minimum atomic E-state index is -0.754. The van der Waals surface area contributed by atoms with Gasteiger partial charge in [0, 0.05) is 23.3 Å². The van der Waals surface area contributed by atoms with Gasteiger partial charge in [-0.2, -0.15) is 0 Å². The number of aldehydes is 1. The van der Waals surface area contributed by atoms with Crippen LogP contribution in [0.2, 0.25) is 0 Å². The molecule has 0 aliphatic carbocycles. The third-order valence-electron chi connectivity index (χ3n) is 5.51. The summed E-state index contributed by atoms with van der Waals surface area (Å²) in [6.45, 7) is 0. The molecule has 6 heteroatoms. The Labute approximate surface area is 181 Å². The van der Waals surface area contributed by atoms with Crippen molar-refractivity contribution in [3.05, 3.63) is 101 Å². The Morgan fingerprint density at radius 1 is 0.812 bits per heavy atom. The second-order valence-electron chi connectivity index (χ2n) is 7.40. The standard InChI is InChI=1S/C26H15NO5/c28-14-24(29)26-25(21-8-6-19-13-22(27(30)31)10-9-18(19)12-21)23(15-32-26)20-7-5-16-3-1-2-4-17(16)11-20/h1-15H. The van der Waals surface area contributed by atoms with E-state index in [4.69, 9.17) is 4.42 Å². The maximum atomic E-state index is 12.3. The number of nitrogens with zero attached hydrogens (tertiary/aromatic N) is 1. The van der Waals surface area contributed by atoms with Crippen LogP contribution in [0.5, 0.6) is 0 Å². The van der Waals surface area contributed by atoms with Gasteiger partial charge in [-0.3, -0.25) is 19.7 Å². The molecule has 5 rings (SSSR count). The second kappa shape index (κ2) is 7.59. The molecule has 0 saturated heterocycles. The van der Waals surface area contributed by atoms with Crippen LogP contribution in [0.25, 0.3) is 43.8 Å². The van der Waals surface area contributed by atoms with Crippen LogP contribution in [0.4, 0.5) is 5.69 Å². The summed E-state index contributed by atoms with van der Waals surface area (Å²) >= 11 is 0. The Kier molecular flexibility index (Phi) is 4.60. The fraction of sp³-hybridized carbons (Fsp3) is 0. The molecule has 0 aliphatic heterocycles. The molecule has 0 radical (unpaired) electrons. The number of carbonyl (C=O) groups is 2. The Morgan fingerprint density at radius 3 is 2.22 bits per heavy atom. The molecule has 154 valence electrons. The van der Waals surface area contributed by atoms with Crippen LogP contribution in [0, 0.1) is 10.1 Å². The summed E-state index contributed by atoms with van der Waals surface area (Å²) in [5, 5.41) is 14.6. The zero-order valence-corrected chi connectivity index (χ0v) is 16.6. The number of Topliss-reactive ketones (excluding diaryl/α,β-unsaturated/α-hetero) is 1. The molecule has 6 nitrogen and oxygen atoms in total. The van der Waals surface area contributed by atoms with E-state index in [0.29, 0.717) is 22.1 Å². The molecule has 0 spiro atoms. The van der Waals surface area contributed by atoms with Gasteiger partial charge in [0.15, 0.2) is 12.0 Å². The molecule has 4 aromatic carbocycles. The van der Waals surface area contributed by atoms with Gasteiger partial charge in [-0.05, 0) is 50.9 Å². The van der Waals surface area contributed by atoms with Gasteiger partial charge in [0.2, 0.25) is 0 Å². The van der Waals surface area contributed by atoms with E-state index in [-0.39, 0.29) is 17.7 Å². The second-order valence-corrected chi connectivity index (χ2v) is 7.40. The molecule has 5 aromatic rings. The first-order valence-electron chi connectivity index (χ1n) is 9.84. The van der Waals surface area contributed by atoms with E-state index in [0.717, 1.165) is 21.7 Å². The first-order chi connectivity index (χ1) is 15.5. The van der Waals surface area contributed by atoms with Crippen LogP contribution in [0.1, 0.15) is 10.6 Å². The molecule has 0 atom stereocenters. The number of non-ortho nitro benzene ring substituents is 1. The Morgan fingerprint density at radius 2 is 1.44 bits per heavy atom. The SMILES string of the molecule is O=CC(=O)c1occ(-c2ccc3ccccc3c2)c1-c1ccc2cc([N+](=O)[O-])ccc2c1. The zero-order chi connectivity index (χ0) is 22.2. The van der Waals surface area contributed by atoms with Crippen molar-refractivity contribution in [2.24, 2.45) is 0 Å². The highest BCUT2D eigenvalue weighted by Gasteiger charge is 2.22. The van der Waals surface area contributed by atoms with Crippen molar-refractivity contribution in [1.82, 2.24) is 0 Å². The molecular weight excluding hydrogens is 406 g/mol. The lowest BCUT2D eigenvalue weighted by Crippen LogP contribution is -2.00. The predicted molar refractivity (Wildman–Crippen MR) is 122 cm³/mol. The lowest BCUT2D eigenvalue weighted by Gasteiger charge is -2.08. The lowest BCUT2D eigenvalue weighted by atomic mass is 9.93. The van der Waals surface area contributed by atoms with Gasteiger partial charge < -0.3 is 4.42 Å². The van der Waals surface area contributed by atoms with Crippen molar-refractivity contribution in [2.75, 3.05) is 0 Å². The molecule has 0 amide bonds. The summed E-state index contributed by atoms with van der Waals surface area (Å²) in [7, 11) is 0. The number of nitro benzene ring substituents is 1. The summed E-state index contributed by atoms with van der Waals surface area (Å²) in [6.07, 6.45) is 1.72. The van der Waals surface area contributed by atoms with E-state index in [1.165, 1.54) is 18.4 Å². The van der Waals surface area contributed by atoms with E-state index in [2.05, 4.69) is 0 Å². The number of carbonyl (C=O) groups excluding carboxylic acids is 2. The van der Waals surface area contributed by atoms with E-state index < -0.39 is 10.7 Å². The van der Waals surface area contributed by atoms with Crippen molar-refractivity contribution in [3.8, 4) is 22.3 Å². The van der Waals surface area contributed by atoms with Crippen LogP contribution in [0.15, 0.2) is 89.5 Å². The summed E-state index contributed by atoms with van der Waals surface area (Å²) in [4.78, 5) is 34.2. The van der Waals surface area contributed by atoms with Gasteiger partial charge in [-0.15, -0.1) is 0 Å². The maximum absolute atomic E-state index is 12.3. The van der Waals surface area contributed by atoms with Gasteiger partial charge in [-0.1, -0.05) is 48.5 Å². The fourth-order valence-electron chi connectivity index (χ4n) is 3.95. The highest BCUT2D eigenvalue weighted by molar-refractivity contribution is 6.34. The quantitative estimate of drug-likeness (QED) is 0.111. The zero-order valence-electron chi connectivity index (χ0n) is 16.6. The smallest absolute Gasteiger partial charge is 0.270 e. The topological polar surface area (TPSA) is 90.4 Å². The van der Waals surface area contributed by atoms with Crippen molar-refractivity contribution >= 4 is 39.3 Å². The fourth-order valence-corrected chi connectivity index (χ4v) is 3.95. The third kappa shape index (κ3) is 3.24. The van der Waals surface area contributed by atoms with Crippen molar-refractivity contribution < 1.29 is 18.9 Å². The van der Waals surface area contributed by atoms with Crippen molar-refractivity contribution in [3.63, 3.8) is 0 Å². The molecule has 0 bridgehead atoms. The van der Waals surface area contributed by atoms with Crippen molar-refractivity contribution in [1.29, 1.82) is 0 Å². The van der Waals surface area contributed by atoms with E-state index in [1.54, 1.807) is 18.2 Å². The first-order valence-corrected chi connectivity index (χ1v) is 9.84.